The van der Waals surface area contributed by atoms with Gasteiger partial charge >= 0.3 is 12.2 Å². The lowest BCUT2D eigenvalue weighted by atomic mass is 9.79. The van der Waals surface area contributed by atoms with Crippen molar-refractivity contribution < 1.29 is 41.5 Å². The van der Waals surface area contributed by atoms with Crippen molar-refractivity contribution in [3.05, 3.63) is 83.4 Å². The van der Waals surface area contributed by atoms with E-state index in [-0.39, 0.29) is 22.9 Å². The van der Waals surface area contributed by atoms with Crippen LogP contribution in [-0.2, 0) is 0 Å². The van der Waals surface area contributed by atoms with Gasteiger partial charge in [0, 0.05) is 16.7 Å². The third-order valence-corrected chi connectivity index (χ3v) is 5.73. The number of carbonyl (C=O) groups is 3. The molecule has 0 radical (unpaired) electrons. The number of halogens is 4. The van der Waals surface area contributed by atoms with Crippen molar-refractivity contribution in [3.8, 4) is 11.3 Å². The maximum atomic E-state index is 14.0. The molecule has 1 aliphatic rings. The van der Waals surface area contributed by atoms with Gasteiger partial charge in [-0.2, -0.15) is 13.2 Å². The number of carbonyl (C=O) groups excluding carboxylic acids is 3. The number of furan rings is 1. The molecule has 3 N–H and O–H groups in total. The summed E-state index contributed by atoms with van der Waals surface area (Å²) in [5, 5.41) is 14.2. The summed E-state index contributed by atoms with van der Waals surface area (Å²) in [5.74, 6) is -4.44. The van der Waals surface area contributed by atoms with Gasteiger partial charge in [-0.05, 0) is 43.3 Å². The van der Waals surface area contributed by atoms with Gasteiger partial charge in [0.1, 0.15) is 29.3 Å². The van der Waals surface area contributed by atoms with E-state index in [1.54, 1.807) is 12.1 Å². The zero-order chi connectivity index (χ0) is 25.5. The number of hydrogen-bond acceptors (Lipinski definition) is 5. The second kappa shape index (κ2) is 8.66. The first-order valence-electron chi connectivity index (χ1n) is 10.3. The lowest BCUT2D eigenvalue weighted by Gasteiger charge is -2.44. The molecule has 0 aliphatic carbocycles. The standard InChI is InChI=1S/C24H18F4N2O5/c1-12(31)13-2-4-14(5-3-13)17-10-11-18(35-17)20-19(21(32)15-6-8-16(25)9-7-15)23(34,24(26,27)28)30-22(33)29-20/h2-11,19-20,34H,1H3,(H2,29,30,33). The molecule has 35 heavy (non-hydrogen) atoms. The summed E-state index contributed by atoms with van der Waals surface area (Å²) in [6.07, 6.45) is -5.44. The summed E-state index contributed by atoms with van der Waals surface area (Å²) in [6, 6.07) is 9.52. The first kappa shape index (κ1) is 24.1. The fourth-order valence-electron chi connectivity index (χ4n) is 3.91. The highest BCUT2D eigenvalue weighted by molar-refractivity contribution is 6.00. The molecule has 1 saturated heterocycles. The van der Waals surface area contributed by atoms with E-state index in [1.807, 2.05) is 0 Å². The highest BCUT2D eigenvalue weighted by Crippen LogP contribution is 2.44. The number of Topliss-reactive ketones (excluding diaryl/α,β-unsaturated/α-hetero) is 2. The van der Waals surface area contributed by atoms with Gasteiger partial charge in [-0.3, -0.25) is 9.59 Å². The quantitative estimate of drug-likeness (QED) is 0.363. The number of aliphatic hydroxyl groups is 1. The molecule has 2 aromatic carbocycles. The van der Waals surface area contributed by atoms with Crippen LogP contribution < -0.4 is 10.6 Å². The van der Waals surface area contributed by atoms with Crippen LogP contribution in [0.5, 0.6) is 0 Å². The zero-order valence-corrected chi connectivity index (χ0v) is 18.0. The van der Waals surface area contributed by atoms with E-state index < -0.39 is 41.5 Å². The number of benzene rings is 2. The Hall–Kier alpha value is -3.99. The molecular formula is C24H18F4N2O5. The van der Waals surface area contributed by atoms with E-state index in [0.29, 0.717) is 11.1 Å². The van der Waals surface area contributed by atoms with Gasteiger partial charge in [-0.25, -0.2) is 9.18 Å². The minimum atomic E-state index is -5.44. The number of nitrogens with one attached hydrogen (secondary N) is 2. The Bertz CT molecular complexity index is 1280. The lowest BCUT2D eigenvalue weighted by molar-refractivity contribution is -0.288. The van der Waals surface area contributed by atoms with Crippen LogP contribution in [0.1, 0.15) is 39.4 Å². The Morgan fingerprint density at radius 2 is 1.57 bits per heavy atom. The average molecular weight is 490 g/mol. The van der Waals surface area contributed by atoms with Crippen molar-refractivity contribution in [2.45, 2.75) is 24.9 Å². The smallest absolute Gasteiger partial charge is 0.437 e. The monoisotopic (exact) mass is 490 g/mol. The topological polar surface area (TPSA) is 109 Å². The molecule has 1 aromatic heterocycles. The van der Waals surface area contributed by atoms with Gasteiger partial charge in [0.25, 0.3) is 0 Å². The fourth-order valence-corrected chi connectivity index (χ4v) is 3.91. The van der Waals surface area contributed by atoms with E-state index in [9.17, 15) is 37.1 Å². The lowest BCUT2D eigenvalue weighted by Crippen LogP contribution is -2.72. The number of ketones is 2. The average Bonchev–Trinajstić information content (AvgIpc) is 3.28. The molecule has 1 aliphatic heterocycles. The molecule has 3 unspecified atom stereocenters. The van der Waals surface area contributed by atoms with Gasteiger partial charge in [0.15, 0.2) is 11.6 Å². The summed E-state index contributed by atoms with van der Waals surface area (Å²) in [4.78, 5) is 36.8. The number of amides is 2. The molecule has 182 valence electrons. The van der Waals surface area contributed by atoms with Crippen molar-refractivity contribution in [1.82, 2.24) is 10.6 Å². The number of hydrogen-bond donors (Lipinski definition) is 3. The van der Waals surface area contributed by atoms with Gasteiger partial charge in [-0.15, -0.1) is 0 Å². The summed E-state index contributed by atoms with van der Waals surface area (Å²) >= 11 is 0. The van der Waals surface area contributed by atoms with E-state index in [1.165, 1.54) is 36.5 Å². The fraction of sp³-hybridized carbons (Fsp3) is 0.208. The normalized spacial score (nSPS) is 22.3. The van der Waals surface area contributed by atoms with E-state index in [4.69, 9.17) is 4.42 Å². The van der Waals surface area contributed by atoms with Crippen LogP contribution in [0, 0.1) is 11.7 Å². The molecule has 0 spiro atoms. The molecule has 4 rings (SSSR count). The first-order valence-corrected chi connectivity index (χ1v) is 10.3. The Morgan fingerprint density at radius 3 is 2.14 bits per heavy atom. The zero-order valence-electron chi connectivity index (χ0n) is 18.0. The minimum absolute atomic E-state index is 0.164. The van der Waals surface area contributed by atoms with E-state index in [2.05, 4.69) is 5.32 Å². The molecule has 7 nitrogen and oxygen atoms in total. The molecular weight excluding hydrogens is 472 g/mol. The molecule has 0 saturated carbocycles. The summed E-state index contributed by atoms with van der Waals surface area (Å²) in [5.41, 5.74) is -3.34. The predicted octanol–water partition coefficient (Wildman–Crippen LogP) is 4.39. The van der Waals surface area contributed by atoms with Gasteiger partial charge in [-0.1, -0.05) is 24.3 Å². The van der Waals surface area contributed by atoms with Crippen molar-refractivity contribution in [3.63, 3.8) is 0 Å². The minimum Gasteiger partial charge on any atom is -0.459 e. The van der Waals surface area contributed by atoms with Crippen LogP contribution in [0.4, 0.5) is 22.4 Å². The Morgan fingerprint density at radius 1 is 0.971 bits per heavy atom. The van der Waals surface area contributed by atoms with Crippen LogP contribution in [0.15, 0.2) is 65.1 Å². The van der Waals surface area contributed by atoms with E-state index >= 15 is 0 Å². The van der Waals surface area contributed by atoms with Crippen molar-refractivity contribution >= 4 is 17.6 Å². The third-order valence-electron chi connectivity index (χ3n) is 5.73. The summed E-state index contributed by atoms with van der Waals surface area (Å²) < 4.78 is 61.0. The van der Waals surface area contributed by atoms with Gasteiger partial charge in [0.05, 0.1) is 0 Å². The van der Waals surface area contributed by atoms with Crippen molar-refractivity contribution in [2.75, 3.05) is 0 Å². The number of alkyl halides is 3. The Balaban J connectivity index is 1.78. The van der Waals surface area contributed by atoms with Gasteiger partial charge in [0.2, 0.25) is 5.72 Å². The second-order valence-corrected chi connectivity index (χ2v) is 8.02. The Labute approximate surface area is 195 Å². The molecule has 3 atom stereocenters. The van der Waals surface area contributed by atoms with Crippen LogP contribution in [0.3, 0.4) is 0 Å². The maximum absolute atomic E-state index is 14.0. The molecule has 1 fully saturated rings. The number of rotatable bonds is 5. The second-order valence-electron chi connectivity index (χ2n) is 8.02. The third kappa shape index (κ3) is 4.42. The van der Waals surface area contributed by atoms with E-state index in [0.717, 1.165) is 24.3 Å². The molecule has 3 aromatic rings. The molecule has 0 bridgehead atoms. The largest absolute Gasteiger partial charge is 0.459 e. The number of urea groups is 1. The molecule has 11 heteroatoms. The summed E-state index contributed by atoms with van der Waals surface area (Å²) in [6.45, 7) is 1.39. The SMILES string of the molecule is CC(=O)c1ccc(-c2ccc(C3NC(=O)NC(O)(C(F)(F)F)C3C(=O)c3ccc(F)cc3)o2)cc1. The first-order chi connectivity index (χ1) is 16.4. The predicted molar refractivity (Wildman–Crippen MR) is 114 cm³/mol. The highest BCUT2D eigenvalue weighted by atomic mass is 19.4. The molecule has 2 amide bonds. The van der Waals surface area contributed by atoms with Gasteiger partial charge < -0.3 is 20.2 Å². The van der Waals surface area contributed by atoms with Crippen molar-refractivity contribution in [2.24, 2.45) is 5.92 Å². The Kier molecular flexibility index (Phi) is 5.97. The summed E-state index contributed by atoms with van der Waals surface area (Å²) in [7, 11) is 0. The van der Waals surface area contributed by atoms with Crippen LogP contribution in [0.25, 0.3) is 11.3 Å². The van der Waals surface area contributed by atoms with Crippen LogP contribution in [0.2, 0.25) is 0 Å². The van der Waals surface area contributed by atoms with Crippen LogP contribution in [-0.4, -0.2) is 34.6 Å². The highest BCUT2D eigenvalue weighted by Gasteiger charge is 2.66. The van der Waals surface area contributed by atoms with Crippen molar-refractivity contribution in [1.29, 1.82) is 0 Å². The molecule has 2 heterocycles. The van der Waals surface area contributed by atoms with Crippen LogP contribution >= 0.6 is 0 Å². The maximum Gasteiger partial charge on any atom is 0.437 e.